The number of anilines is 1. The first-order valence-electron chi connectivity index (χ1n) is 5.16. The van der Waals surface area contributed by atoms with E-state index in [9.17, 15) is 22.8 Å². The summed E-state index contributed by atoms with van der Waals surface area (Å²) in [6, 6.07) is 4.06. The molecule has 0 aliphatic carbocycles. The molecular weight excluding hydrogens is 347 g/mol. The van der Waals surface area contributed by atoms with Crippen LogP contribution in [0.3, 0.4) is 0 Å². The number of aromatic carboxylic acids is 1. The number of hydrogen-bond donors (Lipinski definition) is 2. The Morgan fingerprint density at radius 3 is 2.55 bits per heavy atom. The molecule has 0 spiro atoms. The quantitative estimate of drug-likeness (QED) is 0.851. The summed E-state index contributed by atoms with van der Waals surface area (Å²) in [6.07, 6.45) is -4.52. The zero-order valence-electron chi connectivity index (χ0n) is 9.83. The standard InChI is InChI=1S/C11H9BrF3NO4/c12-6-1-2-8(7(3-6)10(18)19)16-9(17)4-20-5-11(13,14)15/h1-3H,4-5H2,(H,16,17)(H,18,19). The fraction of sp³-hybridized carbons (Fsp3) is 0.273. The van der Waals surface area contributed by atoms with Gasteiger partial charge >= 0.3 is 12.1 Å². The molecule has 0 saturated carbocycles. The summed E-state index contributed by atoms with van der Waals surface area (Å²) < 4.78 is 40.1. The third kappa shape index (κ3) is 5.57. The lowest BCUT2D eigenvalue weighted by Gasteiger charge is -2.10. The van der Waals surface area contributed by atoms with Crippen LogP contribution < -0.4 is 5.32 Å². The molecule has 1 aromatic rings. The molecule has 1 aromatic carbocycles. The topological polar surface area (TPSA) is 75.6 Å². The van der Waals surface area contributed by atoms with Gasteiger partial charge in [0.1, 0.15) is 13.2 Å². The van der Waals surface area contributed by atoms with Crippen LogP contribution in [0.4, 0.5) is 18.9 Å². The largest absolute Gasteiger partial charge is 0.478 e. The van der Waals surface area contributed by atoms with Crippen molar-refractivity contribution >= 4 is 33.5 Å². The van der Waals surface area contributed by atoms with Crippen molar-refractivity contribution < 1.29 is 32.6 Å². The monoisotopic (exact) mass is 355 g/mol. The van der Waals surface area contributed by atoms with Gasteiger partial charge in [0.25, 0.3) is 0 Å². The summed E-state index contributed by atoms with van der Waals surface area (Å²) >= 11 is 3.07. The van der Waals surface area contributed by atoms with Gasteiger partial charge in [0, 0.05) is 4.47 Å². The van der Waals surface area contributed by atoms with Crippen LogP contribution in [-0.2, 0) is 9.53 Å². The van der Waals surface area contributed by atoms with Crippen molar-refractivity contribution in [1.29, 1.82) is 0 Å². The van der Waals surface area contributed by atoms with Crippen molar-refractivity contribution in [3.05, 3.63) is 28.2 Å². The van der Waals surface area contributed by atoms with Crippen LogP contribution >= 0.6 is 15.9 Å². The van der Waals surface area contributed by atoms with Crippen LogP contribution in [0.2, 0.25) is 0 Å². The molecule has 0 heterocycles. The molecule has 2 N–H and O–H groups in total. The van der Waals surface area contributed by atoms with Gasteiger partial charge in [-0.2, -0.15) is 13.2 Å². The molecule has 9 heteroatoms. The Morgan fingerprint density at radius 1 is 1.35 bits per heavy atom. The van der Waals surface area contributed by atoms with E-state index in [1.807, 2.05) is 0 Å². The molecule has 20 heavy (non-hydrogen) atoms. The number of nitrogens with one attached hydrogen (secondary N) is 1. The lowest BCUT2D eigenvalue weighted by molar-refractivity contribution is -0.174. The maximum Gasteiger partial charge on any atom is 0.411 e. The van der Waals surface area contributed by atoms with E-state index in [4.69, 9.17) is 5.11 Å². The Labute approximate surface area is 119 Å². The minimum absolute atomic E-state index is 0.0266. The van der Waals surface area contributed by atoms with E-state index >= 15 is 0 Å². The van der Waals surface area contributed by atoms with Crippen LogP contribution in [0, 0.1) is 0 Å². The number of rotatable bonds is 5. The van der Waals surface area contributed by atoms with Gasteiger partial charge in [0.05, 0.1) is 11.3 Å². The molecule has 0 aliphatic rings. The average molecular weight is 356 g/mol. The van der Waals surface area contributed by atoms with Crippen LogP contribution in [-0.4, -0.2) is 36.4 Å². The number of carbonyl (C=O) groups is 2. The molecule has 0 atom stereocenters. The van der Waals surface area contributed by atoms with E-state index in [-0.39, 0.29) is 11.3 Å². The number of amides is 1. The molecule has 0 fully saturated rings. The fourth-order valence-corrected chi connectivity index (χ4v) is 1.61. The fourth-order valence-electron chi connectivity index (χ4n) is 1.25. The van der Waals surface area contributed by atoms with Gasteiger partial charge in [-0.15, -0.1) is 0 Å². The maximum atomic E-state index is 11.8. The highest BCUT2D eigenvalue weighted by Crippen LogP contribution is 2.21. The molecule has 5 nitrogen and oxygen atoms in total. The molecule has 0 radical (unpaired) electrons. The molecule has 0 unspecified atom stereocenters. The predicted octanol–water partition coefficient (Wildman–Crippen LogP) is 2.66. The van der Waals surface area contributed by atoms with Crippen LogP contribution in [0.5, 0.6) is 0 Å². The Hall–Kier alpha value is -1.61. The molecule has 0 bridgehead atoms. The van der Waals surface area contributed by atoms with E-state index < -0.39 is 31.3 Å². The number of benzene rings is 1. The van der Waals surface area contributed by atoms with Crippen molar-refractivity contribution in [2.24, 2.45) is 0 Å². The van der Waals surface area contributed by atoms with Crippen LogP contribution in [0.1, 0.15) is 10.4 Å². The number of carboxylic acid groups (broad SMARTS) is 1. The van der Waals surface area contributed by atoms with Crippen molar-refractivity contribution in [2.45, 2.75) is 6.18 Å². The normalized spacial score (nSPS) is 11.2. The van der Waals surface area contributed by atoms with Crippen LogP contribution in [0.15, 0.2) is 22.7 Å². The third-order valence-corrected chi connectivity index (χ3v) is 2.48. The second-order valence-electron chi connectivity index (χ2n) is 3.65. The Morgan fingerprint density at radius 2 is 2.00 bits per heavy atom. The number of carboxylic acids is 1. The number of ether oxygens (including phenoxy) is 1. The van der Waals surface area contributed by atoms with Gasteiger partial charge in [0.2, 0.25) is 5.91 Å². The summed E-state index contributed by atoms with van der Waals surface area (Å²) in [6.45, 7) is -2.37. The number of hydrogen-bond acceptors (Lipinski definition) is 3. The van der Waals surface area contributed by atoms with Gasteiger partial charge in [0.15, 0.2) is 0 Å². The van der Waals surface area contributed by atoms with E-state index in [2.05, 4.69) is 26.0 Å². The van der Waals surface area contributed by atoms with E-state index in [1.165, 1.54) is 18.2 Å². The molecular formula is C11H9BrF3NO4. The van der Waals surface area contributed by atoms with Crippen molar-refractivity contribution in [2.75, 3.05) is 18.5 Å². The Bertz CT molecular complexity index is 519. The first-order valence-corrected chi connectivity index (χ1v) is 5.95. The van der Waals surface area contributed by atoms with Crippen LogP contribution in [0.25, 0.3) is 0 Å². The lowest BCUT2D eigenvalue weighted by atomic mass is 10.2. The summed E-state index contributed by atoms with van der Waals surface area (Å²) in [5, 5.41) is 11.1. The summed E-state index contributed by atoms with van der Waals surface area (Å²) in [7, 11) is 0. The van der Waals surface area contributed by atoms with Gasteiger partial charge in [-0.05, 0) is 18.2 Å². The highest BCUT2D eigenvalue weighted by Gasteiger charge is 2.27. The van der Waals surface area contributed by atoms with Crippen molar-refractivity contribution in [3.63, 3.8) is 0 Å². The van der Waals surface area contributed by atoms with E-state index in [0.29, 0.717) is 4.47 Å². The second-order valence-corrected chi connectivity index (χ2v) is 4.57. The molecule has 110 valence electrons. The molecule has 0 aliphatic heterocycles. The SMILES string of the molecule is O=C(COCC(F)(F)F)Nc1ccc(Br)cc1C(=O)O. The summed E-state index contributed by atoms with van der Waals surface area (Å²) in [5.41, 5.74) is -0.218. The first kappa shape index (κ1) is 16.4. The summed E-state index contributed by atoms with van der Waals surface area (Å²) in [4.78, 5) is 22.3. The molecule has 1 amide bonds. The van der Waals surface area contributed by atoms with Gasteiger partial charge in [-0.25, -0.2) is 4.79 Å². The van der Waals surface area contributed by atoms with Gasteiger partial charge in [-0.3, -0.25) is 4.79 Å². The summed E-state index contributed by atoms with van der Waals surface area (Å²) in [5.74, 6) is -2.16. The maximum absolute atomic E-state index is 11.8. The highest BCUT2D eigenvalue weighted by molar-refractivity contribution is 9.10. The first-order chi connectivity index (χ1) is 9.19. The minimum Gasteiger partial charge on any atom is -0.478 e. The zero-order valence-corrected chi connectivity index (χ0v) is 11.4. The second kappa shape index (κ2) is 6.71. The lowest BCUT2D eigenvalue weighted by Crippen LogP contribution is -2.24. The predicted molar refractivity (Wildman–Crippen MR) is 66.6 cm³/mol. The number of halogens is 4. The molecule has 1 rings (SSSR count). The molecule has 0 aromatic heterocycles. The smallest absolute Gasteiger partial charge is 0.411 e. The highest BCUT2D eigenvalue weighted by atomic mass is 79.9. The molecule has 0 saturated heterocycles. The van der Waals surface area contributed by atoms with E-state index in [0.717, 1.165) is 0 Å². The van der Waals surface area contributed by atoms with Crippen molar-refractivity contribution in [3.8, 4) is 0 Å². The zero-order chi connectivity index (χ0) is 15.3. The third-order valence-electron chi connectivity index (χ3n) is 1.98. The Balaban J connectivity index is 2.64. The van der Waals surface area contributed by atoms with Gasteiger partial charge < -0.3 is 15.2 Å². The number of alkyl halides is 3. The van der Waals surface area contributed by atoms with E-state index in [1.54, 1.807) is 0 Å². The van der Waals surface area contributed by atoms with Crippen molar-refractivity contribution in [1.82, 2.24) is 0 Å². The van der Waals surface area contributed by atoms with Gasteiger partial charge in [-0.1, -0.05) is 15.9 Å². The minimum atomic E-state index is -4.52. The number of carbonyl (C=O) groups excluding carboxylic acids is 1. The average Bonchev–Trinajstić information content (AvgIpc) is 2.29. The Kier molecular flexibility index (Phi) is 5.52.